The van der Waals surface area contributed by atoms with Crippen molar-refractivity contribution in [1.82, 2.24) is 25.8 Å². The zero-order valence-electron chi connectivity index (χ0n) is 19.7. The predicted octanol–water partition coefficient (Wildman–Crippen LogP) is 2.51. The van der Waals surface area contributed by atoms with Gasteiger partial charge in [-0.3, -0.25) is 19.9 Å². The maximum atomic E-state index is 13.0. The number of anilines is 2. The minimum absolute atomic E-state index is 0.0726. The smallest absolute Gasteiger partial charge is 0.256 e. The van der Waals surface area contributed by atoms with Crippen LogP contribution in [0.3, 0.4) is 0 Å². The average Bonchev–Trinajstić information content (AvgIpc) is 3.39. The molecule has 34 heavy (non-hydrogen) atoms. The highest BCUT2D eigenvalue weighted by atomic mass is 16.2. The monoisotopic (exact) mass is 459 g/mol. The summed E-state index contributed by atoms with van der Waals surface area (Å²) >= 11 is 0. The van der Waals surface area contributed by atoms with Crippen LogP contribution in [0.4, 0.5) is 11.5 Å². The first kappa shape index (κ1) is 22.1. The summed E-state index contributed by atoms with van der Waals surface area (Å²) < 4.78 is 1.62. The Morgan fingerprint density at radius 2 is 1.79 bits per heavy atom. The highest BCUT2D eigenvalue weighted by Gasteiger charge is 2.45. The molecule has 5 rings (SSSR count). The summed E-state index contributed by atoms with van der Waals surface area (Å²) in [6.07, 6.45) is -0.893. The van der Waals surface area contributed by atoms with Gasteiger partial charge >= 0.3 is 0 Å². The van der Waals surface area contributed by atoms with Crippen LogP contribution in [0.5, 0.6) is 0 Å². The van der Waals surface area contributed by atoms with E-state index in [1.165, 1.54) is 11.1 Å². The lowest BCUT2D eigenvalue weighted by molar-refractivity contribution is -0.129. The maximum absolute atomic E-state index is 13.0. The lowest BCUT2D eigenvalue weighted by Crippen LogP contribution is -2.61. The van der Waals surface area contributed by atoms with Crippen LogP contribution >= 0.6 is 0 Å². The molecule has 0 saturated carbocycles. The first-order valence-electron chi connectivity index (χ1n) is 11.4. The van der Waals surface area contributed by atoms with Gasteiger partial charge in [0.15, 0.2) is 6.29 Å². The molecule has 1 aromatic heterocycles. The lowest BCUT2D eigenvalue weighted by atomic mass is 10.0. The summed E-state index contributed by atoms with van der Waals surface area (Å²) in [5.74, 6) is -0.0693. The van der Waals surface area contributed by atoms with Crippen molar-refractivity contribution in [2.24, 2.45) is 5.92 Å². The van der Waals surface area contributed by atoms with E-state index in [4.69, 9.17) is 0 Å². The molecule has 176 valence electrons. The largest absolute Gasteiger partial charge is 0.321 e. The number of nitrogens with zero attached hydrogens (tertiary/aromatic N) is 3. The summed E-state index contributed by atoms with van der Waals surface area (Å²) in [5.41, 5.74) is 9.10. The van der Waals surface area contributed by atoms with E-state index in [9.17, 15) is 9.59 Å². The number of aromatic nitrogens is 2. The molecule has 4 N–H and O–H groups in total. The van der Waals surface area contributed by atoms with Crippen molar-refractivity contribution >= 4 is 23.3 Å². The third-order valence-corrected chi connectivity index (χ3v) is 6.51. The molecule has 3 atom stereocenters. The first-order valence-corrected chi connectivity index (χ1v) is 11.4. The molecule has 9 heteroatoms. The Labute approximate surface area is 198 Å². The quantitative estimate of drug-likeness (QED) is 0.478. The third-order valence-electron chi connectivity index (χ3n) is 6.51. The van der Waals surface area contributed by atoms with Gasteiger partial charge in [-0.1, -0.05) is 23.8 Å². The van der Waals surface area contributed by atoms with Crippen LogP contribution in [0.15, 0.2) is 48.5 Å². The minimum Gasteiger partial charge on any atom is -0.321 e. The topological polar surface area (TPSA) is 103 Å². The van der Waals surface area contributed by atoms with Gasteiger partial charge in [0.05, 0.1) is 17.3 Å². The second-order valence-corrected chi connectivity index (χ2v) is 9.07. The number of aryl methyl sites for hydroxylation is 4. The first-order chi connectivity index (χ1) is 16.3. The van der Waals surface area contributed by atoms with Crippen LogP contribution in [-0.2, 0) is 4.79 Å². The van der Waals surface area contributed by atoms with Gasteiger partial charge in [-0.15, -0.1) is 0 Å². The number of nitrogens with one attached hydrogen (secondary N) is 4. The summed E-state index contributed by atoms with van der Waals surface area (Å²) in [5, 5.41) is 16.0. The van der Waals surface area contributed by atoms with Crippen molar-refractivity contribution in [3.8, 4) is 0 Å². The van der Waals surface area contributed by atoms with Gasteiger partial charge in [-0.2, -0.15) is 5.10 Å². The van der Waals surface area contributed by atoms with Crippen LogP contribution in [0.1, 0.15) is 39.0 Å². The fourth-order valence-electron chi connectivity index (χ4n) is 4.42. The SMILES string of the molecule is Cc1ccc(C(=O)Nc2cc(C)nn2C2NC(=O)C3CNN(c4ccc(C)c(C)c4)C3N2)cc1. The molecule has 2 aliphatic rings. The van der Waals surface area contributed by atoms with Crippen LogP contribution in [-0.4, -0.2) is 34.3 Å². The molecule has 2 saturated heterocycles. The van der Waals surface area contributed by atoms with Crippen LogP contribution in [0.2, 0.25) is 0 Å². The lowest BCUT2D eigenvalue weighted by Gasteiger charge is -2.37. The number of fused-ring (bicyclic) bond motifs is 1. The molecule has 0 aliphatic carbocycles. The average molecular weight is 460 g/mol. The van der Waals surface area contributed by atoms with E-state index in [-0.39, 0.29) is 23.9 Å². The van der Waals surface area contributed by atoms with E-state index < -0.39 is 6.29 Å². The van der Waals surface area contributed by atoms with Gasteiger partial charge in [-0.25, -0.2) is 10.1 Å². The molecule has 0 spiro atoms. The van der Waals surface area contributed by atoms with E-state index in [1.54, 1.807) is 22.9 Å². The van der Waals surface area contributed by atoms with Crippen molar-refractivity contribution in [1.29, 1.82) is 0 Å². The van der Waals surface area contributed by atoms with Gasteiger partial charge < -0.3 is 10.6 Å². The minimum atomic E-state index is -0.621. The number of carbonyl (C=O) groups is 2. The Kier molecular flexibility index (Phi) is 5.59. The van der Waals surface area contributed by atoms with Crippen molar-refractivity contribution in [3.63, 3.8) is 0 Å². The second kappa shape index (κ2) is 8.58. The molecular weight excluding hydrogens is 430 g/mol. The molecule has 3 heterocycles. The maximum Gasteiger partial charge on any atom is 0.256 e. The van der Waals surface area contributed by atoms with E-state index in [1.807, 2.05) is 37.1 Å². The summed E-state index contributed by atoms with van der Waals surface area (Å²) in [7, 11) is 0. The predicted molar refractivity (Wildman–Crippen MR) is 130 cm³/mol. The van der Waals surface area contributed by atoms with E-state index in [0.717, 1.165) is 16.9 Å². The van der Waals surface area contributed by atoms with Gasteiger partial charge in [0.25, 0.3) is 5.91 Å². The van der Waals surface area contributed by atoms with Crippen LogP contribution in [0, 0.1) is 33.6 Å². The molecular formula is C25H29N7O2. The molecule has 0 bridgehead atoms. The van der Waals surface area contributed by atoms with Crippen molar-refractivity contribution in [2.45, 2.75) is 40.2 Å². The molecule has 2 amide bonds. The number of amides is 2. The number of benzene rings is 2. The van der Waals surface area contributed by atoms with E-state index in [0.29, 0.717) is 17.9 Å². The number of hydrazine groups is 1. The van der Waals surface area contributed by atoms with Gasteiger partial charge in [-0.05, 0) is 63.1 Å². The van der Waals surface area contributed by atoms with Gasteiger partial charge in [0, 0.05) is 18.2 Å². The summed E-state index contributed by atoms with van der Waals surface area (Å²) in [6.45, 7) is 8.51. The molecule has 2 aromatic carbocycles. The van der Waals surface area contributed by atoms with Crippen LogP contribution < -0.4 is 26.4 Å². The standard InChI is InChI=1S/C25H29N7O2/c1-14-5-8-18(9-6-14)23(33)27-21-12-17(4)30-32(21)25-28-22-20(24(34)29-25)13-26-31(22)19-10-7-15(2)16(3)11-19/h5-12,20,22,25-26,28H,13H2,1-4H3,(H,27,33)(H,29,34). The van der Waals surface area contributed by atoms with Gasteiger partial charge in [0.2, 0.25) is 5.91 Å². The Hall–Kier alpha value is -3.69. The molecule has 3 aromatic rings. The Balaban J connectivity index is 1.40. The van der Waals surface area contributed by atoms with Gasteiger partial charge in [0.1, 0.15) is 12.0 Å². The Morgan fingerprint density at radius 3 is 2.53 bits per heavy atom. The summed E-state index contributed by atoms with van der Waals surface area (Å²) in [4.78, 5) is 25.8. The number of hydrogen-bond acceptors (Lipinski definition) is 6. The Morgan fingerprint density at radius 1 is 1.03 bits per heavy atom. The highest BCUT2D eigenvalue weighted by molar-refractivity contribution is 6.03. The second-order valence-electron chi connectivity index (χ2n) is 9.07. The molecule has 2 aliphatic heterocycles. The van der Waals surface area contributed by atoms with E-state index in [2.05, 4.69) is 52.5 Å². The van der Waals surface area contributed by atoms with Crippen molar-refractivity contribution in [3.05, 3.63) is 76.5 Å². The van der Waals surface area contributed by atoms with Crippen molar-refractivity contribution < 1.29 is 9.59 Å². The highest BCUT2D eigenvalue weighted by Crippen LogP contribution is 2.29. The fourth-order valence-corrected chi connectivity index (χ4v) is 4.42. The molecule has 0 radical (unpaired) electrons. The summed E-state index contributed by atoms with van der Waals surface area (Å²) in [6, 6.07) is 15.4. The number of rotatable bonds is 4. The zero-order chi connectivity index (χ0) is 24.0. The van der Waals surface area contributed by atoms with Crippen molar-refractivity contribution in [2.75, 3.05) is 16.9 Å². The van der Waals surface area contributed by atoms with Crippen LogP contribution in [0.25, 0.3) is 0 Å². The Bertz CT molecular complexity index is 1250. The molecule has 3 unspecified atom stereocenters. The number of hydrogen-bond donors (Lipinski definition) is 4. The normalized spacial score (nSPS) is 21.8. The number of carbonyl (C=O) groups excluding carboxylic acids is 2. The third kappa shape index (κ3) is 4.04. The fraction of sp³-hybridized carbons (Fsp3) is 0.320. The molecule has 9 nitrogen and oxygen atoms in total. The zero-order valence-corrected chi connectivity index (χ0v) is 19.7. The van der Waals surface area contributed by atoms with E-state index >= 15 is 0 Å². The molecule has 2 fully saturated rings.